The number of nitrogens with zero attached hydrogens (tertiary/aromatic N) is 2. The third-order valence-electron chi connectivity index (χ3n) is 4.51. The van der Waals surface area contributed by atoms with Gasteiger partial charge in [0.15, 0.2) is 11.6 Å². The number of halogens is 1. The van der Waals surface area contributed by atoms with Crippen molar-refractivity contribution in [3.63, 3.8) is 0 Å². The highest BCUT2D eigenvalue weighted by atomic mass is 19.1. The molecule has 0 aliphatic rings. The third-order valence-corrected chi connectivity index (χ3v) is 4.51. The average molecular weight is 398 g/mol. The van der Waals surface area contributed by atoms with E-state index in [-0.39, 0.29) is 11.7 Å². The maximum absolute atomic E-state index is 14.1. The molecule has 0 aliphatic heterocycles. The second-order valence-corrected chi connectivity index (χ2v) is 6.55. The summed E-state index contributed by atoms with van der Waals surface area (Å²) in [5.74, 6) is -0.401. The van der Waals surface area contributed by atoms with E-state index in [1.807, 2.05) is 13.8 Å². The van der Waals surface area contributed by atoms with Gasteiger partial charge in [-0.25, -0.2) is 9.37 Å². The van der Waals surface area contributed by atoms with Crippen LogP contribution in [0.4, 0.5) is 10.1 Å². The van der Waals surface area contributed by atoms with Crippen molar-refractivity contribution in [1.29, 1.82) is 0 Å². The molecule has 2 heterocycles. The molecular formula is C21H23FN4O3. The number of rotatable bonds is 8. The number of carbonyl (C=O) groups excluding carboxylic acids is 1. The number of anilines is 1. The quantitative estimate of drug-likeness (QED) is 0.563. The number of nitrogens with one attached hydrogen (secondary N) is 2. The summed E-state index contributed by atoms with van der Waals surface area (Å²) in [6, 6.07) is 7.34. The molecule has 0 spiro atoms. The van der Waals surface area contributed by atoms with Crippen molar-refractivity contribution < 1.29 is 18.7 Å². The number of hydrogen-bond donors (Lipinski definition) is 2. The lowest BCUT2D eigenvalue weighted by atomic mass is 10.1. The van der Waals surface area contributed by atoms with E-state index in [0.717, 1.165) is 23.4 Å². The normalized spacial score (nSPS) is 10.6. The topological polar surface area (TPSA) is 89.1 Å². The monoisotopic (exact) mass is 398 g/mol. The maximum Gasteiger partial charge on any atom is 0.255 e. The molecule has 0 unspecified atom stereocenters. The fraction of sp³-hybridized carbons (Fsp3) is 0.286. The molecule has 8 heteroatoms. The number of benzene rings is 1. The van der Waals surface area contributed by atoms with Crippen LogP contribution in [-0.2, 0) is 6.42 Å². The number of hydrogen-bond acceptors (Lipinski definition) is 5. The predicted molar refractivity (Wildman–Crippen MR) is 107 cm³/mol. The van der Waals surface area contributed by atoms with Crippen molar-refractivity contribution in [2.75, 3.05) is 19.0 Å². The molecule has 2 N–H and O–H groups in total. The van der Waals surface area contributed by atoms with E-state index in [1.165, 1.54) is 31.5 Å². The first-order chi connectivity index (χ1) is 14.0. The molecule has 0 fully saturated rings. The van der Waals surface area contributed by atoms with Crippen LogP contribution in [-0.4, -0.2) is 34.8 Å². The highest BCUT2D eigenvalue weighted by Crippen LogP contribution is 2.21. The fourth-order valence-corrected chi connectivity index (χ4v) is 2.91. The van der Waals surface area contributed by atoms with Crippen molar-refractivity contribution >= 4 is 11.6 Å². The van der Waals surface area contributed by atoms with E-state index in [0.29, 0.717) is 30.2 Å². The van der Waals surface area contributed by atoms with Crippen LogP contribution in [0.15, 0.2) is 36.5 Å². The summed E-state index contributed by atoms with van der Waals surface area (Å²) in [7, 11) is 1.51. The second kappa shape index (κ2) is 9.18. The van der Waals surface area contributed by atoms with Gasteiger partial charge in [0.1, 0.15) is 0 Å². The van der Waals surface area contributed by atoms with Crippen LogP contribution >= 0.6 is 0 Å². The molecule has 1 aromatic carbocycles. The summed E-state index contributed by atoms with van der Waals surface area (Å²) in [6.45, 7) is 4.24. The predicted octanol–water partition coefficient (Wildman–Crippen LogP) is 3.83. The lowest BCUT2D eigenvalue weighted by Crippen LogP contribution is -2.13. The SMILES string of the molecule is COc1ccc(NC(=O)c2ccc(F)c(OCCCc3c(C)n[nH]c3C)c2)cn1. The van der Waals surface area contributed by atoms with Crippen molar-refractivity contribution in [2.45, 2.75) is 26.7 Å². The number of amides is 1. The highest BCUT2D eigenvalue weighted by molar-refractivity contribution is 6.04. The van der Waals surface area contributed by atoms with E-state index in [9.17, 15) is 9.18 Å². The molecule has 0 saturated carbocycles. The molecule has 0 saturated heterocycles. The van der Waals surface area contributed by atoms with Gasteiger partial charge in [0, 0.05) is 17.3 Å². The maximum atomic E-state index is 14.1. The minimum absolute atomic E-state index is 0.0474. The van der Waals surface area contributed by atoms with Crippen molar-refractivity contribution in [3.05, 3.63) is 64.9 Å². The molecule has 7 nitrogen and oxygen atoms in total. The van der Waals surface area contributed by atoms with Gasteiger partial charge in [-0.2, -0.15) is 5.10 Å². The summed E-state index contributed by atoms with van der Waals surface area (Å²) < 4.78 is 24.6. The number of aryl methyl sites for hydroxylation is 2. The molecule has 0 radical (unpaired) electrons. The lowest BCUT2D eigenvalue weighted by molar-refractivity contribution is 0.102. The summed E-state index contributed by atoms with van der Waals surface area (Å²) >= 11 is 0. The third kappa shape index (κ3) is 5.10. The van der Waals surface area contributed by atoms with Crippen molar-refractivity contribution in [2.24, 2.45) is 0 Å². The number of methoxy groups -OCH3 is 1. The van der Waals surface area contributed by atoms with Crippen LogP contribution in [0.2, 0.25) is 0 Å². The Kier molecular flexibility index (Phi) is 6.43. The first-order valence-corrected chi connectivity index (χ1v) is 9.22. The van der Waals surface area contributed by atoms with Crippen LogP contribution in [0.3, 0.4) is 0 Å². The number of pyridine rings is 1. The lowest BCUT2D eigenvalue weighted by Gasteiger charge is -2.10. The molecule has 2 aromatic heterocycles. The molecule has 29 heavy (non-hydrogen) atoms. The van der Waals surface area contributed by atoms with Crippen LogP contribution < -0.4 is 14.8 Å². The summed E-state index contributed by atoms with van der Waals surface area (Å²) in [5, 5.41) is 9.81. The summed E-state index contributed by atoms with van der Waals surface area (Å²) in [5.41, 5.74) is 3.93. The molecule has 1 amide bonds. The zero-order valence-corrected chi connectivity index (χ0v) is 16.6. The van der Waals surface area contributed by atoms with Gasteiger partial charge in [0.05, 0.1) is 31.3 Å². The van der Waals surface area contributed by atoms with Crippen LogP contribution in [0, 0.1) is 19.7 Å². The van der Waals surface area contributed by atoms with Gasteiger partial charge in [-0.1, -0.05) is 0 Å². The van der Waals surface area contributed by atoms with Gasteiger partial charge in [0.2, 0.25) is 5.88 Å². The van der Waals surface area contributed by atoms with E-state index in [2.05, 4.69) is 20.5 Å². The molecule has 0 aliphatic carbocycles. The molecule has 3 aromatic rings. The molecular weight excluding hydrogens is 375 g/mol. The standard InChI is InChI=1S/C21H23FN4O3/c1-13-17(14(2)26-25-13)5-4-10-29-19-11-15(6-8-18(19)22)21(27)24-16-7-9-20(28-3)23-12-16/h6-9,11-12H,4-5,10H2,1-3H3,(H,24,27)(H,25,26). The van der Waals surface area contributed by atoms with Crippen molar-refractivity contribution in [3.8, 4) is 11.6 Å². The molecule has 3 rings (SSSR count). The average Bonchev–Trinajstić information content (AvgIpc) is 3.04. The number of aromatic amines is 1. The minimum atomic E-state index is -0.511. The van der Waals surface area contributed by atoms with Crippen LogP contribution in [0.1, 0.15) is 33.7 Å². The van der Waals surface area contributed by atoms with E-state index < -0.39 is 5.82 Å². The highest BCUT2D eigenvalue weighted by Gasteiger charge is 2.12. The Balaban J connectivity index is 1.59. The smallest absolute Gasteiger partial charge is 0.255 e. The van der Waals surface area contributed by atoms with Crippen LogP contribution in [0.5, 0.6) is 11.6 Å². The van der Waals surface area contributed by atoms with Gasteiger partial charge in [-0.15, -0.1) is 0 Å². The second-order valence-electron chi connectivity index (χ2n) is 6.55. The van der Waals surface area contributed by atoms with E-state index >= 15 is 0 Å². The van der Waals surface area contributed by atoms with Gasteiger partial charge in [-0.3, -0.25) is 9.89 Å². The fourth-order valence-electron chi connectivity index (χ4n) is 2.91. The Hall–Kier alpha value is -3.42. The van der Waals surface area contributed by atoms with Gasteiger partial charge in [0.25, 0.3) is 5.91 Å². The van der Waals surface area contributed by atoms with E-state index in [1.54, 1.807) is 12.1 Å². The summed E-state index contributed by atoms with van der Waals surface area (Å²) in [4.78, 5) is 16.5. The number of aromatic nitrogens is 3. The van der Waals surface area contributed by atoms with Crippen LogP contribution in [0.25, 0.3) is 0 Å². The van der Waals surface area contributed by atoms with Crippen molar-refractivity contribution in [1.82, 2.24) is 15.2 Å². The van der Waals surface area contributed by atoms with E-state index in [4.69, 9.17) is 9.47 Å². The Morgan fingerprint density at radius 2 is 2.07 bits per heavy atom. The summed E-state index contributed by atoms with van der Waals surface area (Å²) in [6.07, 6.45) is 2.96. The Morgan fingerprint density at radius 3 is 2.72 bits per heavy atom. The zero-order chi connectivity index (χ0) is 20.8. The van der Waals surface area contributed by atoms with Gasteiger partial charge >= 0.3 is 0 Å². The number of carbonyl (C=O) groups is 1. The Morgan fingerprint density at radius 1 is 1.24 bits per heavy atom. The number of ether oxygens (including phenoxy) is 2. The zero-order valence-electron chi connectivity index (χ0n) is 16.6. The first kappa shape index (κ1) is 20.3. The van der Waals surface area contributed by atoms with Gasteiger partial charge < -0.3 is 14.8 Å². The molecule has 152 valence electrons. The number of H-pyrrole nitrogens is 1. The minimum Gasteiger partial charge on any atom is -0.490 e. The Labute approximate surface area is 168 Å². The largest absolute Gasteiger partial charge is 0.490 e. The first-order valence-electron chi connectivity index (χ1n) is 9.22. The Bertz CT molecular complexity index is 967. The molecule has 0 bridgehead atoms. The molecule has 0 atom stereocenters. The van der Waals surface area contributed by atoms with Gasteiger partial charge in [-0.05, 0) is 56.5 Å².